The lowest BCUT2D eigenvalue weighted by molar-refractivity contribution is 0.876. The minimum absolute atomic E-state index is 0.115. The standard InChI is InChI=1S/C16H11BrN4O/c1-10-7-12(13(9-18)16(22)20-10)11-3-4-15(14(17)8-11)21-6-2-5-19-21/h2-8H,1H3,(H,20,22). The molecule has 1 N–H and O–H groups in total. The Bertz CT molecular complexity index is 936. The summed E-state index contributed by atoms with van der Waals surface area (Å²) in [5, 5.41) is 13.4. The van der Waals surface area contributed by atoms with Gasteiger partial charge in [0.25, 0.3) is 5.56 Å². The Kier molecular flexibility index (Phi) is 3.65. The summed E-state index contributed by atoms with van der Waals surface area (Å²) in [4.78, 5) is 14.5. The number of aryl methyl sites for hydroxylation is 1. The lowest BCUT2D eigenvalue weighted by atomic mass is 10.0. The molecular formula is C16H11BrN4O. The maximum atomic E-state index is 11.9. The fourth-order valence-electron chi connectivity index (χ4n) is 2.30. The largest absolute Gasteiger partial charge is 0.325 e. The molecule has 0 unspecified atom stereocenters. The van der Waals surface area contributed by atoms with E-state index in [2.05, 4.69) is 26.0 Å². The number of hydrogen-bond donors (Lipinski definition) is 1. The van der Waals surface area contributed by atoms with Gasteiger partial charge in [-0.2, -0.15) is 10.4 Å². The number of hydrogen-bond acceptors (Lipinski definition) is 3. The summed E-state index contributed by atoms with van der Waals surface area (Å²) >= 11 is 3.52. The van der Waals surface area contributed by atoms with Crippen LogP contribution in [0.25, 0.3) is 16.8 Å². The number of nitrogens with zero attached hydrogens (tertiary/aromatic N) is 3. The molecule has 2 aromatic heterocycles. The highest BCUT2D eigenvalue weighted by Crippen LogP contribution is 2.29. The van der Waals surface area contributed by atoms with Gasteiger partial charge in [0.15, 0.2) is 0 Å². The molecule has 0 fully saturated rings. The number of H-pyrrole nitrogens is 1. The summed E-state index contributed by atoms with van der Waals surface area (Å²) in [6, 6.07) is 11.3. The molecule has 108 valence electrons. The van der Waals surface area contributed by atoms with E-state index in [1.807, 2.05) is 36.5 Å². The summed E-state index contributed by atoms with van der Waals surface area (Å²) in [7, 11) is 0. The molecular weight excluding hydrogens is 344 g/mol. The van der Waals surface area contributed by atoms with Gasteiger partial charge in [0.05, 0.1) is 5.69 Å². The van der Waals surface area contributed by atoms with Crippen molar-refractivity contribution < 1.29 is 0 Å². The molecule has 0 amide bonds. The van der Waals surface area contributed by atoms with Gasteiger partial charge in [-0.05, 0) is 52.7 Å². The van der Waals surface area contributed by atoms with Gasteiger partial charge < -0.3 is 4.98 Å². The van der Waals surface area contributed by atoms with Gasteiger partial charge in [0.1, 0.15) is 11.6 Å². The van der Waals surface area contributed by atoms with Crippen LogP contribution in [0.15, 0.2) is 52.0 Å². The Labute approximate surface area is 135 Å². The van der Waals surface area contributed by atoms with Gasteiger partial charge in [-0.3, -0.25) is 4.79 Å². The normalized spacial score (nSPS) is 10.4. The van der Waals surface area contributed by atoms with Gasteiger partial charge in [0, 0.05) is 28.1 Å². The molecule has 0 aliphatic carbocycles. The van der Waals surface area contributed by atoms with Crippen molar-refractivity contribution in [3.8, 4) is 22.9 Å². The molecule has 0 spiro atoms. The van der Waals surface area contributed by atoms with E-state index in [0.717, 1.165) is 15.7 Å². The summed E-state index contributed by atoms with van der Waals surface area (Å²) in [6.45, 7) is 1.79. The van der Waals surface area contributed by atoms with Crippen LogP contribution in [0.2, 0.25) is 0 Å². The van der Waals surface area contributed by atoms with Crippen molar-refractivity contribution in [3.63, 3.8) is 0 Å². The zero-order chi connectivity index (χ0) is 15.7. The topological polar surface area (TPSA) is 74.5 Å². The van der Waals surface area contributed by atoms with Crippen LogP contribution in [0.1, 0.15) is 11.3 Å². The van der Waals surface area contributed by atoms with Crippen molar-refractivity contribution in [2.75, 3.05) is 0 Å². The van der Waals surface area contributed by atoms with E-state index >= 15 is 0 Å². The minimum atomic E-state index is -0.371. The van der Waals surface area contributed by atoms with Crippen molar-refractivity contribution in [2.45, 2.75) is 6.92 Å². The first-order chi connectivity index (χ1) is 10.6. The smallest absolute Gasteiger partial charge is 0.266 e. The third-order valence-corrected chi connectivity index (χ3v) is 3.92. The molecule has 0 radical (unpaired) electrons. The summed E-state index contributed by atoms with van der Waals surface area (Å²) < 4.78 is 2.57. The van der Waals surface area contributed by atoms with Crippen molar-refractivity contribution in [2.24, 2.45) is 0 Å². The fraction of sp³-hybridized carbons (Fsp3) is 0.0625. The molecule has 0 saturated carbocycles. The Morgan fingerprint density at radius 1 is 1.36 bits per heavy atom. The lowest BCUT2D eigenvalue weighted by Crippen LogP contribution is -2.12. The van der Waals surface area contributed by atoms with E-state index in [1.165, 1.54) is 0 Å². The average Bonchev–Trinajstić information content (AvgIpc) is 3.00. The van der Waals surface area contributed by atoms with Crippen LogP contribution in [-0.2, 0) is 0 Å². The van der Waals surface area contributed by atoms with Crippen LogP contribution >= 0.6 is 15.9 Å². The SMILES string of the molecule is Cc1cc(-c2ccc(-n3cccn3)c(Br)c2)c(C#N)c(=O)[nH]1. The van der Waals surface area contributed by atoms with Crippen LogP contribution in [0.4, 0.5) is 0 Å². The van der Waals surface area contributed by atoms with Crippen molar-refractivity contribution >= 4 is 15.9 Å². The maximum absolute atomic E-state index is 11.9. The molecule has 0 aliphatic heterocycles. The zero-order valence-corrected chi connectivity index (χ0v) is 13.3. The van der Waals surface area contributed by atoms with E-state index in [4.69, 9.17) is 0 Å². The zero-order valence-electron chi connectivity index (χ0n) is 11.7. The Hall–Kier alpha value is -2.65. The summed E-state index contributed by atoms with van der Waals surface area (Å²) in [6.07, 6.45) is 3.55. The van der Waals surface area contributed by atoms with Crippen LogP contribution in [-0.4, -0.2) is 14.8 Å². The maximum Gasteiger partial charge on any atom is 0.266 e. The Morgan fingerprint density at radius 2 is 2.18 bits per heavy atom. The first kappa shape index (κ1) is 14.3. The monoisotopic (exact) mass is 354 g/mol. The molecule has 2 heterocycles. The van der Waals surface area contributed by atoms with E-state index < -0.39 is 0 Å². The number of nitriles is 1. The third kappa shape index (κ3) is 2.47. The number of aromatic nitrogens is 3. The van der Waals surface area contributed by atoms with Crippen LogP contribution < -0.4 is 5.56 Å². The third-order valence-electron chi connectivity index (χ3n) is 3.29. The van der Waals surface area contributed by atoms with E-state index in [9.17, 15) is 10.1 Å². The molecule has 22 heavy (non-hydrogen) atoms. The van der Waals surface area contributed by atoms with Crippen molar-refractivity contribution in [1.29, 1.82) is 5.26 Å². The average molecular weight is 355 g/mol. The molecule has 0 aliphatic rings. The van der Waals surface area contributed by atoms with E-state index in [-0.39, 0.29) is 11.1 Å². The number of nitrogens with one attached hydrogen (secondary N) is 1. The highest BCUT2D eigenvalue weighted by molar-refractivity contribution is 9.10. The molecule has 0 bridgehead atoms. The highest BCUT2D eigenvalue weighted by Gasteiger charge is 2.12. The van der Waals surface area contributed by atoms with Crippen LogP contribution in [0.5, 0.6) is 0 Å². The quantitative estimate of drug-likeness (QED) is 0.767. The van der Waals surface area contributed by atoms with Crippen LogP contribution in [0, 0.1) is 18.3 Å². The Morgan fingerprint density at radius 3 is 2.82 bits per heavy atom. The van der Waals surface area contributed by atoms with Crippen molar-refractivity contribution in [3.05, 3.63) is 68.8 Å². The number of benzene rings is 1. The summed E-state index contributed by atoms with van der Waals surface area (Å²) in [5.41, 5.74) is 2.76. The molecule has 1 aromatic carbocycles. The second-order valence-corrected chi connectivity index (χ2v) is 5.65. The Balaban J connectivity index is 2.17. The van der Waals surface area contributed by atoms with E-state index in [0.29, 0.717) is 11.3 Å². The predicted molar refractivity (Wildman–Crippen MR) is 86.8 cm³/mol. The molecule has 3 rings (SSSR count). The molecule has 0 atom stereocenters. The van der Waals surface area contributed by atoms with Gasteiger partial charge in [-0.1, -0.05) is 6.07 Å². The predicted octanol–water partition coefficient (Wildman–Crippen LogP) is 3.17. The molecule has 6 heteroatoms. The first-order valence-electron chi connectivity index (χ1n) is 6.54. The van der Waals surface area contributed by atoms with E-state index in [1.54, 1.807) is 23.9 Å². The molecule has 0 saturated heterocycles. The highest BCUT2D eigenvalue weighted by atomic mass is 79.9. The number of aromatic amines is 1. The van der Waals surface area contributed by atoms with Gasteiger partial charge in [-0.25, -0.2) is 4.68 Å². The lowest BCUT2D eigenvalue weighted by Gasteiger charge is -2.09. The minimum Gasteiger partial charge on any atom is -0.325 e. The summed E-state index contributed by atoms with van der Waals surface area (Å²) in [5.74, 6) is 0. The van der Waals surface area contributed by atoms with Gasteiger partial charge >= 0.3 is 0 Å². The molecule has 3 aromatic rings. The number of pyridine rings is 1. The van der Waals surface area contributed by atoms with Gasteiger partial charge in [-0.15, -0.1) is 0 Å². The fourth-order valence-corrected chi connectivity index (χ4v) is 2.86. The second kappa shape index (κ2) is 5.62. The van der Waals surface area contributed by atoms with Crippen LogP contribution in [0.3, 0.4) is 0 Å². The second-order valence-electron chi connectivity index (χ2n) is 4.80. The van der Waals surface area contributed by atoms with Gasteiger partial charge in [0.2, 0.25) is 0 Å². The van der Waals surface area contributed by atoms with Crippen molar-refractivity contribution in [1.82, 2.24) is 14.8 Å². The number of rotatable bonds is 2. The first-order valence-corrected chi connectivity index (χ1v) is 7.33. The number of halogens is 1. The molecule has 5 nitrogen and oxygen atoms in total.